The van der Waals surface area contributed by atoms with Crippen molar-refractivity contribution >= 4 is 17.7 Å². The molecule has 0 aromatic heterocycles. The Balaban J connectivity index is 2.69. The minimum Gasteiger partial charge on any atom is -0.465 e. The minimum atomic E-state index is -0.274. The summed E-state index contributed by atoms with van der Waals surface area (Å²) in [5.74, 6) is -0.274. The van der Waals surface area contributed by atoms with E-state index in [-0.39, 0.29) is 10.7 Å². The molecule has 0 heterocycles. The third kappa shape index (κ3) is 4.25. The Bertz CT molecular complexity index is 422. The molecule has 112 valence electrons. The van der Waals surface area contributed by atoms with Gasteiger partial charge in [0.2, 0.25) is 0 Å². The number of benzene rings is 1. The van der Waals surface area contributed by atoms with Gasteiger partial charge < -0.3 is 10.1 Å². The van der Waals surface area contributed by atoms with E-state index in [1.54, 1.807) is 0 Å². The number of ether oxygens (including phenoxy) is 1. The fourth-order valence-electron chi connectivity index (χ4n) is 2.27. The second-order valence-corrected chi connectivity index (χ2v) is 6.12. The topological polar surface area (TPSA) is 38.3 Å². The maximum atomic E-state index is 11.7. The molecule has 0 atom stereocenters. The molecule has 0 radical (unpaired) electrons. The van der Waals surface area contributed by atoms with Crippen LogP contribution in [0.1, 0.15) is 42.6 Å². The smallest absolute Gasteiger partial charge is 0.338 e. The SMILES string of the molecule is CCC(CC)(CNCc1ccccc1C(=O)OC)SC. The molecule has 0 aliphatic rings. The van der Waals surface area contributed by atoms with Crippen molar-refractivity contribution in [2.75, 3.05) is 19.9 Å². The van der Waals surface area contributed by atoms with Crippen LogP contribution in [0.5, 0.6) is 0 Å². The minimum absolute atomic E-state index is 0.274. The third-order valence-electron chi connectivity index (χ3n) is 3.91. The molecule has 0 amide bonds. The van der Waals surface area contributed by atoms with Crippen LogP contribution in [-0.2, 0) is 11.3 Å². The van der Waals surface area contributed by atoms with Gasteiger partial charge in [0.15, 0.2) is 0 Å². The van der Waals surface area contributed by atoms with Crippen molar-refractivity contribution in [1.29, 1.82) is 0 Å². The van der Waals surface area contributed by atoms with Gasteiger partial charge in [0, 0.05) is 17.8 Å². The van der Waals surface area contributed by atoms with Gasteiger partial charge in [-0.1, -0.05) is 32.0 Å². The molecule has 0 unspecified atom stereocenters. The summed E-state index contributed by atoms with van der Waals surface area (Å²) in [6.07, 6.45) is 4.43. The largest absolute Gasteiger partial charge is 0.465 e. The predicted octanol–water partition coefficient (Wildman–Crippen LogP) is 3.48. The first kappa shape index (κ1) is 17.1. The molecule has 3 nitrogen and oxygen atoms in total. The van der Waals surface area contributed by atoms with E-state index >= 15 is 0 Å². The number of rotatable bonds is 8. The molecule has 4 heteroatoms. The average molecular weight is 295 g/mol. The highest BCUT2D eigenvalue weighted by molar-refractivity contribution is 8.00. The van der Waals surface area contributed by atoms with E-state index < -0.39 is 0 Å². The van der Waals surface area contributed by atoms with Gasteiger partial charge in [-0.2, -0.15) is 11.8 Å². The zero-order valence-corrected chi connectivity index (χ0v) is 13.7. The van der Waals surface area contributed by atoms with Crippen molar-refractivity contribution in [3.63, 3.8) is 0 Å². The van der Waals surface area contributed by atoms with Crippen LogP contribution in [-0.4, -0.2) is 30.6 Å². The van der Waals surface area contributed by atoms with E-state index in [9.17, 15) is 4.79 Å². The second kappa shape index (κ2) is 8.32. The average Bonchev–Trinajstić information content (AvgIpc) is 2.52. The van der Waals surface area contributed by atoms with Crippen LogP contribution in [0.4, 0.5) is 0 Å². The fraction of sp³-hybridized carbons (Fsp3) is 0.562. The van der Waals surface area contributed by atoms with Crippen LogP contribution < -0.4 is 5.32 Å². The lowest BCUT2D eigenvalue weighted by atomic mass is 10.0. The van der Waals surface area contributed by atoms with Crippen molar-refractivity contribution in [2.24, 2.45) is 0 Å². The number of methoxy groups -OCH3 is 1. The molecular weight excluding hydrogens is 270 g/mol. The maximum absolute atomic E-state index is 11.7. The van der Waals surface area contributed by atoms with Crippen LogP contribution in [0.15, 0.2) is 24.3 Å². The van der Waals surface area contributed by atoms with Crippen LogP contribution >= 0.6 is 11.8 Å². The number of carbonyl (C=O) groups is 1. The first-order valence-corrected chi connectivity index (χ1v) is 8.27. The first-order valence-electron chi connectivity index (χ1n) is 7.04. The summed E-state index contributed by atoms with van der Waals surface area (Å²) in [7, 11) is 1.42. The molecule has 1 aromatic rings. The van der Waals surface area contributed by atoms with Crippen molar-refractivity contribution in [1.82, 2.24) is 5.32 Å². The van der Waals surface area contributed by atoms with Crippen molar-refractivity contribution in [2.45, 2.75) is 38.0 Å². The van der Waals surface area contributed by atoms with E-state index in [1.807, 2.05) is 36.0 Å². The normalized spacial score (nSPS) is 11.4. The Morgan fingerprint density at radius 1 is 1.30 bits per heavy atom. The Morgan fingerprint density at radius 3 is 2.50 bits per heavy atom. The molecule has 1 rings (SSSR count). The number of esters is 1. The number of carbonyl (C=O) groups excluding carboxylic acids is 1. The standard InChI is InChI=1S/C16H25NO2S/c1-5-16(6-2,20-4)12-17-11-13-9-7-8-10-14(13)15(18)19-3/h7-10,17H,5-6,11-12H2,1-4H3. The van der Waals surface area contributed by atoms with Crippen LogP contribution in [0.3, 0.4) is 0 Å². The van der Waals surface area contributed by atoms with E-state index in [0.29, 0.717) is 12.1 Å². The molecule has 0 bridgehead atoms. The number of hydrogen-bond acceptors (Lipinski definition) is 4. The van der Waals surface area contributed by atoms with E-state index in [2.05, 4.69) is 25.4 Å². The third-order valence-corrected chi connectivity index (χ3v) is 5.49. The highest BCUT2D eigenvalue weighted by Gasteiger charge is 2.24. The summed E-state index contributed by atoms with van der Waals surface area (Å²) in [4.78, 5) is 11.7. The highest BCUT2D eigenvalue weighted by atomic mass is 32.2. The van der Waals surface area contributed by atoms with Gasteiger partial charge in [0.1, 0.15) is 0 Å². The van der Waals surface area contributed by atoms with Crippen molar-refractivity contribution < 1.29 is 9.53 Å². The maximum Gasteiger partial charge on any atom is 0.338 e. The number of hydrogen-bond donors (Lipinski definition) is 1. The second-order valence-electron chi connectivity index (χ2n) is 4.85. The van der Waals surface area contributed by atoms with Gasteiger partial charge in [0.25, 0.3) is 0 Å². The van der Waals surface area contributed by atoms with Crippen molar-refractivity contribution in [3.8, 4) is 0 Å². The van der Waals surface area contributed by atoms with E-state index in [0.717, 1.165) is 24.9 Å². The van der Waals surface area contributed by atoms with Gasteiger partial charge in [-0.05, 0) is 30.7 Å². The lowest BCUT2D eigenvalue weighted by Gasteiger charge is -2.30. The predicted molar refractivity (Wildman–Crippen MR) is 86.3 cm³/mol. The zero-order chi connectivity index (χ0) is 15.0. The molecule has 0 saturated heterocycles. The quantitative estimate of drug-likeness (QED) is 0.745. The molecule has 20 heavy (non-hydrogen) atoms. The lowest BCUT2D eigenvalue weighted by molar-refractivity contribution is 0.0599. The molecule has 0 saturated carbocycles. The Kier molecular flexibility index (Phi) is 7.10. The van der Waals surface area contributed by atoms with Crippen molar-refractivity contribution in [3.05, 3.63) is 35.4 Å². The molecule has 0 spiro atoms. The van der Waals surface area contributed by atoms with Gasteiger partial charge in [-0.25, -0.2) is 4.79 Å². The Hall–Kier alpha value is -1.00. The summed E-state index contributed by atoms with van der Waals surface area (Å²) < 4.78 is 5.09. The first-order chi connectivity index (χ1) is 9.62. The summed E-state index contributed by atoms with van der Waals surface area (Å²) in [6, 6.07) is 7.59. The van der Waals surface area contributed by atoms with Crippen LogP contribution in [0, 0.1) is 0 Å². The Morgan fingerprint density at radius 2 is 1.95 bits per heavy atom. The summed E-state index contributed by atoms with van der Waals surface area (Å²) in [5, 5.41) is 3.49. The molecular formula is C16H25NO2S. The number of nitrogens with one attached hydrogen (secondary N) is 1. The van der Waals surface area contributed by atoms with Gasteiger partial charge >= 0.3 is 5.97 Å². The monoisotopic (exact) mass is 295 g/mol. The summed E-state index contributed by atoms with van der Waals surface area (Å²) >= 11 is 1.91. The Labute approximate surface area is 126 Å². The summed E-state index contributed by atoms with van der Waals surface area (Å²) in [5.41, 5.74) is 1.63. The van der Waals surface area contributed by atoms with Gasteiger partial charge in [0.05, 0.1) is 12.7 Å². The van der Waals surface area contributed by atoms with Crippen LogP contribution in [0.25, 0.3) is 0 Å². The zero-order valence-electron chi connectivity index (χ0n) is 12.9. The fourth-order valence-corrected chi connectivity index (χ4v) is 3.09. The molecule has 0 fully saturated rings. The molecule has 1 N–H and O–H groups in total. The summed E-state index contributed by atoms with van der Waals surface area (Å²) in [6.45, 7) is 6.08. The number of thioether (sulfide) groups is 1. The van der Waals surface area contributed by atoms with Crippen LogP contribution in [0.2, 0.25) is 0 Å². The molecule has 0 aliphatic carbocycles. The van der Waals surface area contributed by atoms with E-state index in [4.69, 9.17) is 4.74 Å². The van der Waals surface area contributed by atoms with Gasteiger partial charge in [-0.15, -0.1) is 0 Å². The molecule has 1 aromatic carbocycles. The van der Waals surface area contributed by atoms with E-state index in [1.165, 1.54) is 7.11 Å². The lowest BCUT2D eigenvalue weighted by Crippen LogP contribution is -2.36. The molecule has 0 aliphatic heterocycles. The van der Waals surface area contributed by atoms with Gasteiger partial charge in [-0.3, -0.25) is 0 Å². The highest BCUT2D eigenvalue weighted by Crippen LogP contribution is 2.29.